The van der Waals surface area contributed by atoms with E-state index < -0.39 is 0 Å². The molecule has 4 heteroatoms. The maximum absolute atomic E-state index is 11.7. The molecule has 0 aliphatic heterocycles. The van der Waals surface area contributed by atoms with E-state index in [1.807, 2.05) is 36.4 Å². The highest BCUT2D eigenvalue weighted by Crippen LogP contribution is 2.16. The van der Waals surface area contributed by atoms with Crippen LogP contribution in [0.25, 0.3) is 10.9 Å². The molecule has 2 aromatic rings. The fraction of sp³-hybridized carbons (Fsp3) is 0.154. The van der Waals surface area contributed by atoms with E-state index in [0.29, 0.717) is 0 Å². The van der Waals surface area contributed by atoms with Gasteiger partial charge in [0.05, 0.1) is 12.5 Å². The van der Waals surface area contributed by atoms with Crippen LogP contribution in [0, 0.1) is 17.8 Å². The minimum absolute atomic E-state index is 0.0928. The van der Waals surface area contributed by atoms with Gasteiger partial charge in [0, 0.05) is 18.3 Å². The molecule has 1 aromatic heterocycles. The monoisotopic (exact) mass is 226 g/mol. The van der Waals surface area contributed by atoms with E-state index in [4.69, 9.17) is 5.26 Å². The molecule has 1 N–H and O–H groups in total. The van der Waals surface area contributed by atoms with Gasteiger partial charge in [0.15, 0.2) is 0 Å². The SMILES string of the molecule is CN(CC#N)C(=O)[CH]c1cc2ccccc2[nH]1. The number of rotatable bonds is 3. The lowest BCUT2D eigenvalue weighted by Crippen LogP contribution is -2.27. The van der Waals surface area contributed by atoms with Gasteiger partial charge in [-0.15, -0.1) is 0 Å². The molecule has 2 rings (SSSR count). The van der Waals surface area contributed by atoms with Crippen molar-refractivity contribution in [2.45, 2.75) is 0 Å². The van der Waals surface area contributed by atoms with Gasteiger partial charge in [-0.25, -0.2) is 0 Å². The molecule has 0 saturated heterocycles. The fourth-order valence-electron chi connectivity index (χ4n) is 1.60. The third kappa shape index (κ3) is 2.45. The second-order valence-corrected chi connectivity index (χ2v) is 3.81. The molecular formula is C13H12N3O. The fourth-order valence-corrected chi connectivity index (χ4v) is 1.60. The summed E-state index contributed by atoms with van der Waals surface area (Å²) in [6.45, 7) is 0.0928. The number of benzene rings is 1. The molecule has 0 aliphatic carbocycles. The van der Waals surface area contributed by atoms with Crippen molar-refractivity contribution in [2.24, 2.45) is 0 Å². The Balaban J connectivity index is 2.14. The standard InChI is InChI=1S/C13H12N3O/c1-16(7-6-14)13(17)9-11-8-10-4-2-3-5-12(10)15-11/h2-5,8-9,15H,7H2,1H3. The highest BCUT2D eigenvalue weighted by molar-refractivity contribution is 5.90. The van der Waals surface area contributed by atoms with E-state index in [2.05, 4.69) is 4.98 Å². The highest BCUT2D eigenvalue weighted by Gasteiger charge is 2.11. The van der Waals surface area contributed by atoms with Gasteiger partial charge in [0.25, 0.3) is 0 Å². The third-order valence-corrected chi connectivity index (χ3v) is 2.51. The summed E-state index contributed by atoms with van der Waals surface area (Å²) in [6, 6.07) is 11.7. The van der Waals surface area contributed by atoms with Crippen molar-refractivity contribution in [3.63, 3.8) is 0 Å². The van der Waals surface area contributed by atoms with Gasteiger partial charge in [-0.3, -0.25) is 4.79 Å². The van der Waals surface area contributed by atoms with E-state index >= 15 is 0 Å². The van der Waals surface area contributed by atoms with Crippen LogP contribution in [0.4, 0.5) is 0 Å². The van der Waals surface area contributed by atoms with Crippen LogP contribution >= 0.6 is 0 Å². The first-order valence-corrected chi connectivity index (χ1v) is 5.25. The van der Waals surface area contributed by atoms with Gasteiger partial charge < -0.3 is 9.88 Å². The van der Waals surface area contributed by atoms with E-state index in [-0.39, 0.29) is 12.5 Å². The summed E-state index contributed by atoms with van der Waals surface area (Å²) in [6.07, 6.45) is 1.50. The Hall–Kier alpha value is -2.28. The maximum Gasteiger partial charge on any atom is 0.233 e. The minimum atomic E-state index is -0.182. The predicted octanol–water partition coefficient (Wildman–Crippen LogP) is 1.70. The Bertz CT molecular complexity index is 547. The quantitative estimate of drug-likeness (QED) is 0.810. The molecule has 85 valence electrons. The van der Waals surface area contributed by atoms with Crippen LogP contribution in [-0.4, -0.2) is 29.4 Å². The zero-order valence-electron chi connectivity index (χ0n) is 9.47. The number of nitrogens with one attached hydrogen (secondary N) is 1. The predicted molar refractivity (Wildman–Crippen MR) is 65.0 cm³/mol. The summed E-state index contributed by atoms with van der Waals surface area (Å²) < 4.78 is 0. The number of hydrogen-bond acceptors (Lipinski definition) is 2. The van der Waals surface area contributed by atoms with Crippen LogP contribution in [-0.2, 0) is 4.79 Å². The maximum atomic E-state index is 11.7. The number of aromatic nitrogens is 1. The van der Waals surface area contributed by atoms with Gasteiger partial charge in [0.1, 0.15) is 6.54 Å². The smallest absolute Gasteiger partial charge is 0.233 e. The van der Waals surface area contributed by atoms with Crippen molar-refractivity contribution in [3.05, 3.63) is 42.4 Å². The van der Waals surface area contributed by atoms with E-state index in [1.54, 1.807) is 7.05 Å². The van der Waals surface area contributed by atoms with Crippen LogP contribution in [0.2, 0.25) is 0 Å². The first-order chi connectivity index (χ1) is 8.20. The summed E-state index contributed by atoms with van der Waals surface area (Å²) in [4.78, 5) is 16.2. The van der Waals surface area contributed by atoms with Gasteiger partial charge in [-0.2, -0.15) is 5.26 Å². The number of carbonyl (C=O) groups excluding carboxylic acids is 1. The molecule has 0 saturated carbocycles. The van der Waals surface area contributed by atoms with Crippen LogP contribution in [0.3, 0.4) is 0 Å². The molecule has 1 amide bonds. The summed E-state index contributed by atoms with van der Waals surface area (Å²) in [5.74, 6) is -0.182. The number of aromatic amines is 1. The molecule has 0 bridgehead atoms. The molecular weight excluding hydrogens is 214 g/mol. The van der Waals surface area contributed by atoms with Crippen molar-refractivity contribution < 1.29 is 4.79 Å². The number of H-pyrrole nitrogens is 1. The molecule has 0 unspecified atom stereocenters. The minimum Gasteiger partial charge on any atom is -0.358 e. The van der Waals surface area contributed by atoms with Crippen molar-refractivity contribution in [1.29, 1.82) is 5.26 Å². The summed E-state index contributed by atoms with van der Waals surface area (Å²) in [5.41, 5.74) is 1.75. The second-order valence-electron chi connectivity index (χ2n) is 3.81. The number of nitriles is 1. The Morgan fingerprint density at radius 2 is 2.29 bits per heavy atom. The first-order valence-electron chi connectivity index (χ1n) is 5.25. The molecule has 0 spiro atoms. The average molecular weight is 226 g/mol. The van der Waals surface area contributed by atoms with E-state index in [9.17, 15) is 4.79 Å². The van der Waals surface area contributed by atoms with Gasteiger partial charge in [-0.05, 0) is 17.5 Å². The lowest BCUT2D eigenvalue weighted by atomic mass is 10.2. The van der Waals surface area contributed by atoms with E-state index in [0.717, 1.165) is 16.6 Å². The third-order valence-electron chi connectivity index (χ3n) is 2.51. The summed E-state index contributed by atoms with van der Waals surface area (Å²) in [5, 5.41) is 9.56. The second kappa shape index (κ2) is 4.71. The molecule has 0 atom stereocenters. The van der Waals surface area contributed by atoms with Crippen molar-refractivity contribution in [1.82, 2.24) is 9.88 Å². The zero-order valence-corrected chi connectivity index (χ0v) is 9.47. The Labute approximate surface area is 99.5 Å². The number of fused-ring (bicyclic) bond motifs is 1. The number of carbonyl (C=O) groups is 1. The van der Waals surface area contributed by atoms with Crippen molar-refractivity contribution >= 4 is 16.8 Å². The summed E-state index contributed by atoms with van der Waals surface area (Å²) >= 11 is 0. The Morgan fingerprint density at radius 1 is 1.53 bits per heavy atom. The number of likely N-dealkylation sites (N-methyl/N-ethyl adjacent to an activating group) is 1. The van der Waals surface area contributed by atoms with Crippen molar-refractivity contribution in [3.8, 4) is 6.07 Å². The number of amides is 1. The van der Waals surface area contributed by atoms with Crippen molar-refractivity contribution in [2.75, 3.05) is 13.6 Å². The Kier molecular flexibility index (Phi) is 3.10. The number of para-hydroxylation sites is 1. The molecule has 0 fully saturated rings. The van der Waals surface area contributed by atoms with Gasteiger partial charge in [0.2, 0.25) is 5.91 Å². The zero-order chi connectivity index (χ0) is 12.3. The lowest BCUT2D eigenvalue weighted by molar-refractivity contribution is -0.125. The van der Waals surface area contributed by atoms with Gasteiger partial charge in [-0.1, -0.05) is 18.2 Å². The average Bonchev–Trinajstić information content (AvgIpc) is 2.71. The Morgan fingerprint density at radius 3 is 3.00 bits per heavy atom. The topological polar surface area (TPSA) is 59.9 Å². The normalized spacial score (nSPS) is 10.1. The molecule has 1 radical (unpaired) electrons. The van der Waals surface area contributed by atoms with Crippen LogP contribution in [0.5, 0.6) is 0 Å². The highest BCUT2D eigenvalue weighted by atomic mass is 16.2. The van der Waals surface area contributed by atoms with Gasteiger partial charge >= 0.3 is 0 Å². The molecule has 0 aliphatic rings. The van der Waals surface area contributed by atoms with Crippen LogP contribution in [0.15, 0.2) is 30.3 Å². The van der Waals surface area contributed by atoms with Crippen LogP contribution < -0.4 is 0 Å². The largest absolute Gasteiger partial charge is 0.358 e. The molecule has 1 aromatic carbocycles. The van der Waals surface area contributed by atoms with E-state index in [1.165, 1.54) is 11.3 Å². The number of nitrogens with zero attached hydrogens (tertiary/aromatic N) is 2. The first kappa shape index (κ1) is 11.2. The summed E-state index contributed by atoms with van der Waals surface area (Å²) in [7, 11) is 1.60. The van der Waals surface area contributed by atoms with Crippen LogP contribution in [0.1, 0.15) is 5.69 Å². The lowest BCUT2D eigenvalue weighted by Gasteiger charge is -2.11. The molecule has 4 nitrogen and oxygen atoms in total. The molecule has 17 heavy (non-hydrogen) atoms. The number of hydrogen-bond donors (Lipinski definition) is 1. The molecule has 1 heterocycles.